The summed E-state index contributed by atoms with van der Waals surface area (Å²) in [5, 5.41) is 11.5. The van der Waals surface area contributed by atoms with E-state index >= 15 is 0 Å². The summed E-state index contributed by atoms with van der Waals surface area (Å²) >= 11 is 0. The lowest BCUT2D eigenvalue weighted by Gasteiger charge is -2.16. The molecule has 0 aromatic heterocycles. The molecule has 0 unspecified atom stereocenters. The van der Waals surface area contributed by atoms with Gasteiger partial charge in [0.15, 0.2) is 0 Å². The van der Waals surface area contributed by atoms with E-state index in [1.54, 1.807) is 0 Å². The van der Waals surface area contributed by atoms with Gasteiger partial charge < -0.3 is 16.2 Å². The van der Waals surface area contributed by atoms with Crippen LogP contribution in [0.3, 0.4) is 0 Å². The molecule has 4 N–H and O–H groups in total. The highest BCUT2D eigenvalue weighted by atomic mass is 16.4. The molecule has 0 fully saturated rings. The van der Waals surface area contributed by atoms with E-state index in [-0.39, 0.29) is 11.8 Å². The van der Waals surface area contributed by atoms with Crippen molar-refractivity contribution in [3.8, 4) is 0 Å². The normalized spacial score (nSPS) is 12.5. The molecule has 0 aromatic carbocycles. The topological polar surface area (TPSA) is 92.4 Å². The lowest BCUT2D eigenvalue weighted by molar-refractivity contribution is -0.142. The number of carbonyl (C=O) groups excluding carboxylic acids is 1. The number of amides is 1. The lowest BCUT2D eigenvalue weighted by Crippen LogP contribution is -2.41. The van der Waals surface area contributed by atoms with Crippen molar-refractivity contribution in [1.82, 2.24) is 5.32 Å². The Kier molecular flexibility index (Phi) is 8.40. The Hall–Kier alpha value is -1.10. The van der Waals surface area contributed by atoms with Gasteiger partial charge in [0.2, 0.25) is 5.91 Å². The molecule has 0 heterocycles. The molecule has 0 aliphatic heterocycles. The average molecular weight is 244 g/mol. The quantitative estimate of drug-likeness (QED) is 0.530. The fourth-order valence-electron chi connectivity index (χ4n) is 1.57. The first kappa shape index (κ1) is 15.9. The second kappa shape index (κ2) is 8.98. The smallest absolute Gasteiger partial charge is 0.326 e. The maximum absolute atomic E-state index is 11.5. The molecule has 5 nitrogen and oxygen atoms in total. The number of hydrogen-bond donors (Lipinski definition) is 3. The van der Waals surface area contributed by atoms with Gasteiger partial charge in [-0.05, 0) is 31.7 Å². The predicted octanol–water partition coefficient (Wildman–Crippen LogP) is 1.12. The molecule has 100 valence electrons. The van der Waals surface area contributed by atoms with Crippen LogP contribution in [0, 0.1) is 5.92 Å². The number of nitrogens with one attached hydrogen (secondary N) is 1. The lowest BCUT2D eigenvalue weighted by atomic mass is 10.0. The number of carboxylic acid groups (broad SMARTS) is 1. The second-order valence-electron chi connectivity index (χ2n) is 4.69. The Morgan fingerprint density at radius 3 is 2.35 bits per heavy atom. The van der Waals surface area contributed by atoms with E-state index in [0.29, 0.717) is 19.4 Å². The summed E-state index contributed by atoms with van der Waals surface area (Å²) in [5.41, 5.74) is 5.34. The van der Waals surface area contributed by atoms with Gasteiger partial charge in [-0.2, -0.15) is 0 Å². The first-order chi connectivity index (χ1) is 7.97. The van der Waals surface area contributed by atoms with Crippen molar-refractivity contribution in [2.75, 3.05) is 6.54 Å². The van der Waals surface area contributed by atoms with Gasteiger partial charge in [0.1, 0.15) is 6.04 Å². The molecule has 1 atom stereocenters. The Morgan fingerprint density at radius 1 is 1.24 bits per heavy atom. The van der Waals surface area contributed by atoms with Crippen LogP contribution in [0.5, 0.6) is 0 Å². The Labute approximate surface area is 103 Å². The van der Waals surface area contributed by atoms with Crippen molar-refractivity contribution >= 4 is 11.9 Å². The van der Waals surface area contributed by atoms with Gasteiger partial charge in [-0.3, -0.25) is 4.79 Å². The Bertz CT molecular complexity index is 242. The maximum atomic E-state index is 11.5. The van der Waals surface area contributed by atoms with Crippen LogP contribution in [0.25, 0.3) is 0 Å². The van der Waals surface area contributed by atoms with E-state index in [9.17, 15) is 9.59 Å². The number of carboxylic acids is 1. The number of hydrogen-bond acceptors (Lipinski definition) is 3. The predicted molar refractivity (Wildman–Crippen MR) is 66.5 cm³/mol. The second-order valence-corrected chi connectivity index (χ2v) is 4.69. The average Bonchev–Trinajstić information content (AvgIpc) is 2.22. The number of rotatable bonds is 9. The van der Waals surface area contributed by atoms with Gasteiger partial charge in [0.25, 0.3) is 0 Å². The van der Waals surface area contributed by atoms with Crippen LogP contribution >= 0.6 is 0 Å². The summed E-state index contributed by atoms with van der Waals surface area (Å²) in [7, 11) is 0. The van der Waals surface area contributed by atoms with Crippen molar-refractivity contribution in [3.63, 3.8) is 0 Å². The van der Waals surface area contributed by atoms with E-state index in [1.165, 1.54) is 0 Å². The molecule has 0 aromatic rings. The van der Waals surface area contributed by atoms with Crippen LogP contribution in [0.2, 0.25) is 0 Å². The molecule has 0 saturated carbocycles. The fourth-order valence-corrected chi connectivity index (χ4v) is 1.57. The summed E-state index contributed by atoms with van der Waals surface area (Å²) in [4.78, 5) is 22.4. The van der Waals surface area contributed by atoms with Gasteiger partial charge in [-0.25, -0.2) is 4.79 Å². The van der Waals surface area contributed by atoms with Crippen LogP contribution in [0.15, 0.2) is 0 Å². The highest BCUT2D eigenvalue weighted by molar-refractivity contribution is 5.83. The summed E-state index contributed by atoms with van der Waals surface area (Å²) in [5.74, 6) is -0.905. The molecule has 0 aliphatic carbocycles. The van der Waals surface area contributed by atoms with E-state index in [2.05, 4.69) is 5.32 Å². The van der Waals surface area contributed by atoms with Crippen LogP contribution < -0.4 is 11.1 Å². The van der Waals surface area contributed by atoms with E-state index in [1.807, 2.05) is 13.8 Å². The van der Waals surface area contributed by atoms with Crippen LogP contribution in [-0.2, 0) is 9.59 Å². The first-order valence-electron chi connectivity index (χ1n) is 6.19. The standard InChI is InChI=1S/C12H24N2O3/c1-9(2)8-10(12(16)17)14-11(15)6-4-3-5-7-13/h9-10H,3-8,13H2,1-2H3,(H,14,15)(H,16,17)/t10-/m0/s1. The van der Waals surface area contributed by atoms with Gasteiger partial charge in [0, 0.05) is 6.42 Å². The molecule has 0 bridgehead atoms. The molecule has 17 heavy (non-hydrogen) atoms. The maximum Gasteiger partial charge on any atom is 0.326 e. The summed E-state index contributed by atoms with van der Waals surface area (Å²) in [6.07, 6.45) is 3.41. The molecular weight excluding hydrogens is 220 g/mol. The van der Waals surface area contributed by atoms with Gasteiger partial charge >= 0.3 is 5.97 Å². The Balaban J connectivity index is 3.91. The molecule has 0 aliphatic rings. The van der Waals surface area contributed by atoms with E-state index in [4.69, 9.17) is 10.8 Å². The minimum atomic E-state index is -0.964. The van der Waals surface area contributed by atoms with Crippen molar-refractivity contribution in [2.24, 2.45) is 11.7 Å². The van der Waals surface area contributed by atoms with Gasteiger partial charge in [0.05, 0.1) is 0 Å². The monoisotopic (exact) mass is 244 g/mol. The van der Waals surface area contributed by atoms with Crippen molar-refractivity contribution < 1.29 is 14.7 Å². The molecule has 0 saturated heterocycles. The van der Waals surface area contributed by atoms with Crippen molar-refractivity contribution in [2.45, 2.75) is 52.0 Å². The third kappa shape index (κ3) is 8.68. The van der Waals surface area contributed by atoms with Crippen LogP contribution in [0.4, 0.5) is 0 Å². The summed E-state index contributed by atoms with van der Waals surface area (Å²) in [6, 6.07) is -0.767. The van der Waals surface area contributed by atoms with Crippen LogP contribution in [-0.4, -0.2) is 29.6 Å². The van der Waals surface area contributed by atoms with E-state index < -0.39 is 12.0 Å². The third-order valence-corrected chi connectivity index (χ3v) is 2.45. The molecule has 0 spiro atoms. The Morgan fingerprint density at radius 2 is 1.88 bits per heavy atom. The number of aliphatic carboxylic acids is 1. The highest BCUT2D eigenvalue weighted by Gasteiger charge is 2.20. The highest BCUT2D eigenvalue weighted by Crippen LogP contribution is 2.06. The first-order valence-corrected chi connectivity index (χ1v) is 6.19. The summed E-state index contributed by atoms with van der Waals surface area (Å²) < 4.78 is 0. The SMILES string of the molecule is CC(C)C[C@H](NC(=O)CCCCCN)C(=O)O. The molecule has 5 heteroatoms. The van der Waals surface area contributed by atoms with Gasteiger partial charge in [-0.1, -0.05) is 20.3 Å². The number of unbranched alkanes of at least 4 members (excludes halogenated alkanes) is 2. The fraction of sp³-hybridized carbons (Fsp3) is 0.833. The summed E-state index contributed by atoms with van der Waals surface area (Å²) in [6.45, 7) is 4.50. The van der Waals surface area contributed by atoms with Crippen molar-refractivity contribution in [1.29, 1.82) is 0 Å². The molecule has 0 rings (SSSR count). The molecule has 1 amide bonds. The largest absolute Gasteiger partial charge is 0.480 e. The minimum absolute atomic E-state index is 0.185. The zero-order valence-corrected chi connectivity index (χ0v) is 10.7. The minimum Gasteiger partial charge on any atom is -0.480 e. The van der Waals surface area contributed by atoms with E-state index in [0.717, 1.165) is 19.3 Å². The number of carbonyl (C=O) groups is 2. The van der Waals surface area contributed by atoms with Gasteiger partial charge in [-0.15, -0.1) is 0 Å². The van der Waals surface area contributed by atoms with Crippen LogP contribution in [0.1, 0.15) is 46.0 Å². The van der Waals surface area contributed by atoms with Crippen molar-refractivity contribution in [3.05, 3.63) is 0 Å². The molecular formula is C12H24N2O3. The third-order valence-electron chi connectivity index (χ3n) is 2.45. The zero-order valence-electron chi connectivity index (χ0n) is 10.7. The number of nitrogens with two attached hydrogens (primary N) is 1. The molecule has 0 radical (unpaired) electrons. The zero-order chi connectivity index (χ0) is 13.3.